The second-order valence-corrected chi connectivity index (χ2v) is 21.2. The van der Waals surface area contributed by atoms with E-state index in [1.165, 1.54) is 44.6 Å². The van der Waals surface area contributed by atoms with Crippen LogP contribution in [-0.4, -0.2) is 193 Å². The highest BCUT2D eigenvalue weighted by Gasteiger charge is 2.49. The first-order valence-electron chi connectivity index (χ1n) is 25.3. The van der Waals surface area contributed by atoms with E-state index in [0.29, 0.717) is 68.6 Å². The zero-order valence-electron chi connectivity index (χ0n) is 43.2. The minimum absolute atomic E-state index is 0.00273. The van der Waals surface area contributed by atoms with Crippen molar-refractivity contribution < 1.29 is 104 Å². The Bertz CT molecular complexity index is 2900. The number of ether oxygens (including phenoxy) is 8. The minimum Gasteiger partial charge on any atom is -0.387 e. The van der Waals surface area contributed by atoms with Gasteiger partial charge >= 0.3 is 21.2 Å². The van der Waals surface area contributed by atoms with Gasteiger partial charge in [-0.25, -0.2) is 23.2 Å². The van der Waals surface area contributed by atoms with Gasteiger partial charge in [0.25, 0.3) is 17.4 Å². The molecule has 33 heteroatoms. The number of aromatic amines is 1. The van der Waals surface area contributed by atoms with Crippen LogP contribution in [0.3, 0.4) is 0 Å². The number of halogens is 1. The van der Waals surface area contributed by atoms with Gasteiger partial charge in [0.1, 0.15) is 30.2 Å². The molecule has 7 unspecified atom stereocenters. The molecular formula is C47H65FN9O21P2+. The number of carbonyl (C=O) groups is 4. The Kier molecular flexibility index (Phi) is 23.2. The molecule has 0 bridgehead atoms. The van der Waals surface area contributed by atoms with Crippen molar-refractivity contribution in [2.24, 2.45) is 0 Å². The van der Waals surface area contributed by atoms with Crippen LogP contribution in [0.4, 0.5) is 16.0 Å². The van der Waals surface area contributed by atoms with Gasteiger partial charge in [-0.05, 0) is 36.2 Å². The molecule has 0 aliphatic carbocycles. The summed E-state index contributed by atoms with van der Waals surface area (Å²) in [5.41, 5.74) is 7.16. The number of aliphatic hydroxyl groups excluding tert-OH is 2. The number of phosphoric acid groups is 1. The van der Waals surface area contributed by atoms with Gasteiger partial charge in [-0.1, -0.05) is 23.2 Å². The summed E-state index contributed by atoms with van der Waals surface area (Å²) >= 11 is 0. The number of H-pyrrole nitrogens is 1. The molecule has 10 N–H and O–H groups in total. The molecule has 0 radical (unpaired) electrons. The summed E-state index contributed by atoms with van der Waals surface area (Å²) in [5.74, 6) is -2.24. The molecule has 3 aliphatic heterocycles. The van der Waals surface area contributed by atoms with E-state index in [1.54, 1.807) is 18.2 Å². The summed E-state index contributed by atoms with van der Waals surface area (Å²) in [4.78, 5) is 90.8. The van der Waals surface area contributed by atoms with Crippen LogP contribution in [0.2, 0.25) is 0 Å². The molecule has 7 atom stereocenters. The summed E-state index contributed by atoms with van der Waals surface area (Å²) in [6.07, 6.45) is -4.54. The molecule has 2 fully saturated rings. The van der Waals surface area contributed by atoms with Crippen LogP contribution in [0.15, 0.2) is 53.6 Å². The van der Waals surface area contributed by atoms with Crippen molar-refractivity contribution in [2.45, 2.75) is 62.9 Å². The number of nitrogens with one attached hydrogen (secondary N) is 4. The number of hydrogen-bond acceptors (Lipinski definition) is 21. The summed E-state index contributed by atoms with van der Waals surface area (Å²) in [6, 6.07) is 9.71. The predicted molar refractivity (Wildman–Crippen MR) is 273 cm³/mol. The summed E-state index contributed by atoms with van der Waals surface area (Å²) < 4.78 is 94.5. The highest BCUT2D eigenvalue weighted by atomic mass is 31.3. The number of piperidine rings is 1. The fourth-order valence-corrected chi connectivity index (χ4v) is 10.7. The van der Waals surface area contributed by atoms with Crippen LogP contribution < -0.4 is 31.6 Å². The number of nitrogens with zero attached hydrogens (tertiary/aromatic N) is 4. The first-order chi connectivity index (χ1) is 38.4. The van der Waals surface area contributed by atoms with Crippen molar-refractivity contribution in [1.29, 1.82) is 0 Å². The first-order valence-corrected chi connectivity index (χ1v) is 28.4. The third-order valence-electron chi connectivity index (χ3n) is 12.3. The number of nitrogen functional groups attached to an aromatic ring is 1. The normalized spacial score (nSPS) is 20.7. The largest absolute Gasteiger partial charge is 0.480 e. The van der Waals surface area contributed by atoms with Crippen molar-refractivity contribution in [3.8, 4) is 0 Å². The molecule has 7 rings (SSSR count). The zero-order valence-corrected chi connectivity index (χ0v) is 45.0. The van der Waals surface area contributed by atoms with E-state index in [9.17, 15) is 57.5 Å². The molecule has 4 aromatic rings. The molecule has 3 aliphatic rings. The predicted octanol–water partition coefficient (Wildman–Crippen LogP) is -0.869. The molecule has 0 saturated carbocycles. The zero-order chi connectivity index (χ0) is 57.2. The van der Waals surface area contributed by atoms with Crippen LogP contribution in [0.25, 0.3) is 11.2 Å². The van der Waals surface area contributed by atoms with Crippen LogP contribution in [0.5, 0.6) is 0 Å². The van der Waals surface area contributed by atoms with E-state index in [1.807, 2.05) is 0 Å². The third-order valence-corrected chi connectivity index (χ3v) is 15.1. The number of hydrogen-bond donors (Lipinski definition) is 9. The van der Waals surface area contributed by atoms with Crippen LogP contribution >= 0.6 is 15.6 Å². The van der Waals surface area contributed by atoms with Crippen molar-refractivity contribution >= 4 is 62.0 Å². The van der Waals surface area contributed by atoms with Gasteiger partial charge in [-0.3, -0.25) is 43.4 Å². The molecule has 30 nitrogen and oxygen atoms in total. The molecule has 2 saturated heterocycles. The van der Waals surface area contributed by atoms with Gasteiger partial charge in [0.2, 0.25) is 29.5 Å². The molecule has 0 spiro atoms. The molecule has 5 heterocycles. The number of aromatic nitrogens is 4. The van der Waals surface area contributed by atoms with E-state index in [4.69, 9.17) is 48.2 Å². The van der Waals surface area contributed by atoms with Crippen molar-refractivity contribution in [1.82, 2.24) is 29.8 Å². The van der Waals surface area contributed by atoms with Crippen LogP contribution in [0.1, 0.15) is 47.0 Å². The number of nitrogens with two attached hydrogens (primary N) is 1. The highest BCUT2D eigenvalue weighted by Crippen LogP contribution is 2.57. The van der Waals surface area contributed by atoms with Crippen molar-refractivity contribution in [3.63, 3.8) is 0 Å². The summed E-state index contributed by atoms with van der Waals surface area (Å²) in [7, 11) is -10.2. The fraction of sp³-hybridized carbons (Fsp3) is 0.553. The standard InChI is InChI=1S/C47H64FN9O21P2/c48-31-6-4-30(5-7-31)26-55-29-57(42-39(55)44(63)54-47(49)53-42)46-41(61)40(60)36(77-46)28-76-80(67,68)78-79(65,66)50-11-13-70-15-17-72-19-21-74-23-25-75-24-22-73-20-18-71-16-14-69-12-10-38(59)51-34-3-1-2-32-33(34)27-56(45(32)64)35-8-9-37(58)52-43(35)62/h1-7,29,35-36,40-41,46,60-61H,8-28H2,(H7-,49,50,51,52,53,54,58,59,62,63,65,66,67,68)/p+1. The van der Waals surface area contributed by atoms with Crippen LogP contribution in [-0.2, 0) is 83.3 Å². The van der Waals surface area contributed by atoms with Crippen molar-refractivity contribution in [3.05, 3.63) is 81.7 Å². The smallest absolute Gasteiger partial charge is 0.387 e. The average molecular weight is 1170 g/mol. The van der Waals surface area contributed by atoms with Crippen molar-refractivity contribution in [2.75, 3.05) is 117 Å². The van der Waals surface area contributed by atoms with Crippen LogP contribution in [0, 0.1) is 5.82 Å². The number of benzene rings is 2. The SMILES string of the molecule is Nc1nc2c(c(=O)[nH]1)n(Cc1ccc(F)cc1)c[n+]2C1OC(COP(=O)(O)OP(=O)(O)NCCOCCOCCOCCOCCOCCOCCOCCC(=O)Nc2cccc3c2CN(C2CCC(=O)NC2=O)C3=O)C(O)C1O. The Morgan fingerprint density at radius 3 is 2.05 bits per heavy atom. The number of imide groups is 1. The summed E-state index contributed by atoms with van der Waals surface area (Å²) in [5, 5.41) is 28.8. The maximum absolute atomic E-state index is 13.5. The van der Waals surface area contributed by atoms with E-state index in [2.05, 4.69) is 30.0 Å². The number of fused-ring (bicyclic) bond motifs is 2. The monoisotopic (exact) mass is 1170 g/mol. The Morgan fingerprint density at radius 2 is 1.44 bits per heavy atom. The minimum atomic E-state index is -5.28. The average Bonchev–Trinajstić information content (AvgIpc) is 4.25. The number of carbonyl (C=O) groups excluding carboxylic acids is 4. The van der Waals surface area contributed by atoms with E-state index < -0.39 is 70.0 Å². The van der Waals surface area contributed by atoms with Gasteiger partial charge in [-0.15, -0.1) is 0 Å². The Balaban J connectivity index is 0.640. The second kappa shape index (κ2) is 30.0. The number of phosphoric ester groups is 1. The molecule has 2 aromatic carbocycles. The Labute approximate surface area is 456 Å². The highest BCUT2D eigenvalue weighted by molar-refractivity contribution is 7.62. The quantitative estimate of drug-likeness (QED) is 0.0117. The molecule has 4 amide bonds. The number of anilines is 2. The van der Waals surface area contributed by atoms with Gasteiger partial charge in [0.15, 0.2) is 6.33 Å². The number of amides is 4. The van der Waals surface area contributed by atoms with Gasteiger partial charge in [0, 0.05) is 36.3 Å². The third kappa shape index (κ3) is 18.0. The Morgan fingerprint density at radius 1 is 0.838 bits per heavy atom. The molecule has 80 heavy (non-hydrogen) atoms. The van der Waals surface area contributed by atoms with Gasteiger partial charge in [0.05, 0.1) is 112 Å². The van der Waals surface area contributed by atoms with Gasteiger partial charge < -0.3 is 73.8 Å². The lowest BCUT2D eigenvalue weighted by molar-refractivity contribution is -0.745. The van der Waals surface area contributed by atoms with E-state index >= 15 is 0 Å². The maximum Gasteiger partial charge on any atom is 0.480 e. The molecule has 2 aromatic heterocycles. The first kappa shape index (κ1) is 62.1. The van der Waals surface area contributed by atoms with E-state index in [0.717, 1.165) is 0 Å². The molecular weight excluding hydrogens is 1110 g/mol. The number of rotatable bonds is 35. The topological polar surface area (TPSA) is 396 Å². The lowest BCUT2D eigenvalue weighted by atomic mass is 10.0. The summed E-state index contributed by atoms with van der Waals surface area (Å²) in [6.45, 7) is 2.43. The van der Waals surface area contributed by atoms with Gasteiger partial charge in [-0.2, -0.15) is 4.31 Å². The number of aliphatic hydroxyl groups is 2. The Hall–Kier alpha value is -5.54. The fourth-order valence-electron chi connectivity index (χ4n) is 8.48. The number of imidazole rings is 1. The maximum atomic E-state index is 13.5. The second-order valence-electron chi connectivity index (χ2n) is 18.0. The lowest BCUT2D eigenvalue weighted by Gasteiger charge is -2.29. The lowest BCUT2D eigenvalue weighted by Crippen LogP contribution is -2.52. The van der Waals surface area contributed by atoms with E-state index in [-0.39, 0.29) is 120 Å². The molecule has 440 valence electrons.